The highest BCUT2D eigenvalue weighted by Crippen LogP contribution is 2.21. The van der Waals surface area contributed by atoms with Crippen LogP contribution in [0, 0.1) is 0 Å². The Bertz CT molecular complexity index is 1180. The SMILES string of the molecule is CC(c1ccc(-n2cncn2)cc1)N(C)C(=O)CCn1c(=O)oc2ccccc21. The predicted octanol–water partition coefficient (Wildman–Crippen LogP) is 2.78. The average Bonchev–Trinajstić information content (AvgIpc) is 3.39. The van der Waals surface area contributed by atoms with Crippen molar-refractivity contribution in [2.24, 2.45) is 0 Å². The number of hydrogen-bond donors (Lipinski definition) is 0. The van der Waals surface area contributed by atoms with Crippen LogP contribution in [0.1, 0.15) is 24.9 Å². The van der Waals surface area contributed by atoms with Crippen molar-refractivity contribution >= 4 is 17.0 Å². The molecule has 0 saturated heterocycles. The van der Waals surface area contributed by atoms with Crippen LogP contribution in [0.25, 0.3) is 16.8 Å². The van der Waals surface area contributed by atoms with Gasteiger partial charge in [-0.1, -0.05) is 24.3 Å². The van der Waals surface area contributed by atoms with Crippen LogP contribution < -0.4 is 5.76 Å². The molecule has 0 aliphatic rings. The molecule has 2 aromatic carbocycles. The van der Waals surface area contributed by atoms with Crippen LogP contribution in [-0.2, 0) is 11.3 Å². The molecule has 4 aromatic rings. The number of amides is 1. The van der Waals surface area contributed by atoms with Crippen molar-refractivity contribution in [1.29, 1.82) is 0 Å². The van der Waals surface area contributed by atoms with Gasteiger partial charge in [0.2, 0.25) is 5.91 Å². The lowest BCUT2D eigenvalue weighted by Gasteiger charge is -2.25. The van der Waals surface area contributed by atoms with Gasteiger partial charge in [-0.05, 0) is 36.8 Å². The number of hydrogen-bond acceptors (Lipinski definition) is 5. The zero-order chi connectivity index (χ0) is 20.4. The van der Waals surface area contributed by atoms with Gasteiger partial charge in [0, 0.05) is 20.0 Å². The molecule has 0 radical (unpaired) electrons. The minimum atomic E-state index is -0.446. The lowest BCUT2D eigenvalue weighted by molar-refractivity contribution is -0.132. The van der Waals surface area contributed by atoms with E-state index in [0.29, 0.717) is 11.1 Å². The van der Waals surface area contributed by atoms with Crippen LogP contribution in [0.3, 0.4) is 0 Å². The van der Waals surface area contributed by atoms with E-state index < -0.39 is 5.76 Å². The summed E-state index contributed by atoms with van der Waals surface area (Å²) in [5.41, 5.74) is 3.14. The summed E-state index contributed by atoms with van der Waals surface area (Å²) in [7, 11) is 1.77. The van der Waals surface area contributed by atoms with Gasteiger partial charge in [-0.3, -0.25) is 9.36 Å². The first-order valence-corrected chi connectivity index (χ1v) is 9.33. The van der Waals surface area contributed by atoms with Gasteiger partial charge in [0.15, 0.2) is 5.58 Å². The standard InChI is InChI=1S/C21H21N5O3/c1-15(16-7-9-17(10-8-16)26-14-22-13-23-26)24(2)20(27)11-12-25-18-5-3-4-6-19(18)29-21(25)28/h3-10,13-15H,11-12H2,1-2H3. The van der Waals surface area contributed by atoms with Gasteiger partial charge < -0.3 is 9.32 Å². The first-order valence-electron chi connectivity index (χ1n) is 9.33. The van der Waals surface area contributed by atoms with Gasteiger partial charge in [0.25, 0.3) is 0 Å². The van der Waals surface area contributed by atoms with E-state index in [9.17, 15) is 9.59 Å². The van der Waals surface area contributed by atoms with Crippen LogP contribution in [0.4, 0.5) is 0 Å². The van der Waals surface area contributed by atoms with Crippen LogP contribution in [0.5, 0.6) is 0 Å². The van der Waals surface area contributed by atoms with Crippen LogP contribution in [0.2, 0.25) is 0 Å². The second-order valence-electron chi connectivity index (χ2n) is 6.85. The number of nitrogens with zero attached hydrogens (tertiary/aromatic N) is 5. The Morgan fingerprint density at radius 1 is 1.17 bits per heavy atom. The highest BCUT2D eigenvalue weighted by Gasteiger charge is 2.18. The third-order valence-corrected chi connectivity index (χ3v) is 5.16. The molecule has 0 fully saturated rings. The molecule has 4 rings (SSSR count). The summed E-state index contributed by atoms with van der Waals surface area (Å²) in [6.45, 7) is 2.25. The second-order valence-corrected chi connectivity index (χ2v) is 6.85. The minimum Gasteiger partial charge on any atom is -0.408 e. The number of benzene rings is 2. The molecule has 1 atom stereocenters. The van der Waals surface area contributed by atoms with Crippen molar-refractivity contribution in [1.82, 2.24) is 24.2 Å². The number of carbonyl (C=O) groups is 1. The number of oxazole rings is 1. The van der Waals surface area contributed by atoms with E-state index >= 15 is 0 Å². The van der Waals surface area contributed by atoms with Crippen LogP contribution >= 0.6 is 0 Å². The van der Waals surface area contributed by atoms with Crippen molar-refractivity contribution in [3.63, 3.8) is 0 Å². The second kappa shape index (κ2) is 7.75. The smallest absolute Gasteiger partial charge is 0.408 e. The van der Waals surface area contributed by atoms with E-state index in [0.717, 1.165) is 11.3 Å². The summed E-state index contributed by atoms with van der Waals surface area (Å²) >= 11 is 0. The largest absolute Gasteiger partial charge is 0.419 e. The monoisotopic (exact) mass is 391 g/mol. The normalized spacial score (nSPS) is 12.2. The van der Waals surface area contributed by atoms with Crippen molar-refractivity contribution in [2.75, 3.05) is 7.05 Å². The Kier molecular flexibility index (Phi) is 4.99. The lowest BCUT2D eigenvalue weighted by atomic mass is 10.1. The molecule has 2 aromatic heterocycles. The summed E-state index contributed by atoms with van der Waals surface area (Å²) in [6.07, 6.45) is 3.33. The molecular formula is C21H21N5O3. The maximum Gasteiger partial charge on any atom is 0.419 e. The van der Waals surface area contributed by atoms with Crippen LogP contribution in [0.15, 0.2) is 70.4 Å². The number of fused-ring (bicyclic) bond motifs is 1. The van der Waals surface area contributed by atoms with E-state index in [-0.39, 0.29) is 24.9 Å². The van der Waals surface area contributed by atoms with Crippen molar-refractivity contribution < 1.29 is 9.21 Å². The van der Waals surface area contributed by atoms with Crippen LogP contribution in [-0.4, -0.2) is 37.2 Å². The molecule has 0 N–H and O–H groups in total. The number of para-hydroxylation sites is 2. The molecule has 8 heteroatoms. The van der Waals surface area contributed by atoms with Crippen molar-refractivity contribution in [2.45, 2.75) is 25.9 Å². The third-order valence-electron chi connectivity index (χ3n) is 5.16. The highest BCUT2D eigenvalue weighted by molar-refractivity contribution is 5.77. The summed E-state index contributed by atoms with van der Waals surface area (Å²) < 4.78 is 8.40. The van der Waals surface area contributed by atoms with Gasteiger partial charge >= 0.3 is 5.76 Å². The highest BCUT2D eigenvalue weighted by atomic mass is 16.4. The van der Waals surface area contributed by atoms with E-state index in [1.807, 2.05) is 49.4 Å². The summed E-state index contributed by atoms with van der Waals surface area (Å²) in [5.74, 6) is -0.492. The van der Waals surface area contributed by atoms with E-state index in [4.69, 9.17) is 4.42 Å². The van der Waals surface area contributed by atoms with Crippen molar-refractivity contribution in [3.05, 3.63) is 77.3 Å². The molecular weight excluding hydrogens is 370 g/mol. The first kappa shape index (κ1) is 18.7. The first-order chi connectivity index (χ1) is 14.0. The molecule has 1 unspecified atom stereocenters. The van der Waals surface area contributed by atoms with E-state index in [2.05, 4.69) is 10.1 Å². The predicted molar refractivity (Wildman–Crippen MR) is 108 cm³/mol. The fraction of sp³-hybridized carbons (Fsp3) is 0.238. The van der Waals surface area contributed by atoms with E-state index in [1.165, 1.54) is 10.9 Å². The topological polar surface area (TPSA) is 86.2 Å². The Morgan fingerprint density at radius 3 is 2.66 bits per heavy atom. The molecule has 0 saturated carbocycles. The van der Waals surface area contributed by atoms with Gasteiger partial charge in [0.05, 0.1) is 17.2 Å². The van der Waals surface area contributed by atoms with E-state index in [1.54, 1.807) is 29.0 Å². The molecule has 1 amide bonds. The molecule has 0 aliphatic heterocycles. The Balaban J connectivity index is 1.43. The molecule has 2 heterocycles. The molecule has 0 aliphatic carbocycles. The number of carbonyl (C=O) groups excluding carboxylic acids is 1. The zero-order valence-corrected chi connectivity index (χ0v) is 16.2. The quantitative estimate of drug-likeness (QED) is 0.504. The summed E-state index contributed by atoms with van der Waals surface area (Å²) in [6, 6.07) is 14.9. The summed E-state index contributed by atoms with van der Waals surface area (Å²) in [5, 5.41) is 4.11. The van der Waals surface area contributed by atoms with Gasteiger partial charge in [-0.2, -0.15) is 5.10 Å². The van der Waals surface area contributed by atoms with Gasteiger partial charge in [-0.15, -0.1) is 0 Å². The van der Waals surface area contributed by atoms with Crippen molar-refractivity contribution in [3.8, 4) is 5.69 Å². The third kappa shape index (κ3) is 3.69. The summed E-state index contributed by atoms with van der Waals surface area (Å²) in [4.78, 5) is 30.4. The Morgan fingerprint density at radius 2 is 1.93 bits per heavy atom. The average molecular weight is 391 g/mol. The maximum atomic E-state index is 12.7. The van der Waals surface area contributed by atoms with Gasteiger partial charge in [-0.25, -0.2) is 14.5 Å². The maximum absolute atomic E-state index is 12.7. The lowest BCUT2D eigenvalue weighted by Crippen LogP contribution is -2.31. The molecule has 0 bridgehead atoms. The fourth-order valence-electron chi connectivity index (χ4n) is 3.30. The van der Waals surface area contributed by atoms with Gasteiger partial charge in [0.1, 0.15) is 12.7 Å². The Labute approximate surface area is 167 Å². The minimum absolute atomic E-state index is 0.0463. The number of aryl methyl sites for hydroxylation is 1. The fourth-order valence-corrected chi connectivity index (χ4v) is 3.30. The molecule has 0 spiro atoms. The number of rotatable bonds is 6. The molecule has 8 nitrogen and oxygen atoms in total. The molecule has 29 heavy (non-hydrogen) atoms. The molecule has 148 valence electrons. The Hall–Kier alpha value is -3.68. The number of aromatic nitrogens is 4. The zero-order valence-electron chi connectivity index (χ0n) is 16.2.